The lowest BCUT2D eigenvalue weighted by atomic mass is 9.40. The maximum Gasteiger partial charge on any atom is 0.172 e. The molecule has 3 fully saturated rings. The standard InChI is InChI=1S/C31H52O4/c1-20(11-16-31(33,34)21(2)22(3)32)28(5)17-18-29(6)26-10-9-23-19-24(35-8)12-14-27(23,4)25(26)13-15-30(28,29)7/h9,20-21,24-26,33-34H,10-19H2,1-8H3/t20-,21?,24+,25+,26-,27+,28-,29+,30-/m1/s1. The summed E-state index contributed by atoms with van der Waals surface area (Å²) >= 11 is 0. The largest absolute Gasteiger partial charge is 0.381 e. The molecule has 4 nitrogen and oxygen atoms in total. The first-order valence-electron chi connectivity index (χ1n) is 14.3. The van der Waals surface area contributed by atoms with E-state index >= 15 is 0 Å². The molecule has 0 aromatic carbocycles. The van der Waals surface area contributed by atoms with E-state index in [0.29, 0.717) is 22.9 Å². The van der Waals surface area contributed by atoms with Crippen molar-refractivity contribution in [1.29, 1.82) is 0 Å². The number of carbonyl (C=O) groups is 1. The van der Waals surface area contributed by atoms with Crippen LogP contribution in [0.25, 0.3) is 0 Å². The van der Waals surface area contributed by atoms with Crippen LogP contribution in [0.15, 0.2) is 11.6 Å². The van der Waals surface area contributed by atoms with Crippen molar-refractivity contribution < 1.29 is 19.7 Å². The summed E-state index contributed by atoms with van der Waals surface area (Å²) in [5, 5.41) is 21.3. The van der Waals surface area contributed by atoms with Gasteiger partial charge in [0, 0.05) is 13.5 Å². The van der Waals surface area contributed by atoms with Gasteiger partial charge < -0.3 is 14.9 Å². The van der Waals surface area contributed by atoms with E-state index in [1.54, 1.807) is 12.5 Å². The zero-order valence-corrected chi connectivity index (χ0v) is 23.7. The molecule has 0 amide bonds. The van der Waals surface area contributed by atoms with Crippen LogP contribution in [0.4, 0.5) is 0 Å². The van der Waals surface area contributed by atoms with Crippen LogP contribution in [-0.4, -0.2) is 35.0 Å². The highest BCUT2D eigenvalue weighted by Gasteiger charge is 2.68. The molecule has 4 heteroatoms. The van der Waals surface area contributed by atoms with Gasteiger partial charge in [-0.1, -0.05) is 53.2 Å². The van der Waals surface area contributed by atoms with Gasteiger partial charge in [0.05, 0.1) is 12.0 Å². The SMILES string of the molecule is CO[C@H]1CC[C@@]2(C)C(=CC[C@@H]3[C@@H]2CC[C@@]2(C)[C@@]3(C)CC[C@]2(C)[C@H](C)CCC(O)(O)C(C)C(C)=O)C1. The van der Waals surface area contributed by atoms with Crippen LogP contribution in [0.5, 0.6) is 0 Å². The number of hydrogen-bond acceptors (Lipinski definition) is 4. The fourth-order valence-corrected chi connectivity index (χ4v) is 9.66. The molecule has 3 saturated carbocycles. The summed E-state index contributed by atoms with van der Waals surface area (Å²) in [7, 11) is 1.87. The Morgan fingerprint density at radius 3 is 2.40 bits per heavy atom. The minimum absolute atomic E-state index is 0.154. The molecule has 200 valence electrons. The highest BCUT2D eigenvalue weighted by molar-refractivity contribution is 5.78. The lowest BCUT2D eigenvalue weighted by Crippen LogP contribution is -2.57. The second-order valence-corrected chi connectivity index (χ2v) is 14.1. The van der Waals surface area contributed by atoms with E-state index in [-0.39, 0.29) is 23.0 Å². The Morgan fingerprint density at radius 2 is 1.77 bits per heavy atom. The fourth-order valence-electron chi connectivity index (χ4n) is 9.66. The summed E-state index contributed by atoms with van der Waals surface area (Å²) in [6.45, 7) is 15.6. The maximum absolute atomic E-state index is 11.8. The van der Waals surface area contributed by atoms with Gasteiger partial charge in [-0.15, -0.1) is 0 Å². The number of hydrogen-bond donors (Lipinski definition) is 2. The Bertz CT molecular complexity index is 862. The molecule has 0 spiro atoms. The van der Waals surface area contributed by atoms with Crippen LogP contribution in [0.2, 0.25) is 0 Å². The zero-order valence-electron chi connectivity index (χ0n) is 23.7. The predicted octanol–water partition coefficient (Wildman–Crippen LogP) is 6.68. The molecule has 35 heavy (non-hydrogen) atoms. The Morgan fingerprint density at radius 1 is 1.09 bits per heavy atom. The van der Waals surface area contributed by atoms with E-state index in [0.717, 1.165) is 24.7 Å². The van der Waals surface area contributed by atoms with Crippen molar-refractivity contribution in [1.82, 2.24) is 0 Å². The summed E-state index contributed by atoms with van der Waals surface area (Å²) < 4.78 is 5.76. The smallest absolute Gasteiger partial charge is 0.172 e. The molecule has 9 atom stereocenters. The van der Waals surface area contributed by atoms with Gasteiger partial charge in [-0.2, -0.15) is 0 Å². The number of Topliss-reactive ketones (excluding diaryl/α,β-unsaturated/α-hetero) is 1. The number of aliphatic hydroxyl groups is 2. The van der Waals surface area contributed by atoms with Crippen molar-refractivity contribution in [3.63, 3.8) is 0 Å². The van der Waals surface area contributed by atoms with Crippen molar-refractivity contribution in [2.75, 3.05) is 7.11 Å². The van der Waals surface area contributed by atoms with Gasteiger partial charge in [0.15, 0.2) is 5.79 Å². The van der Waals surface area contributed by atoms with Crippen molar-refractivity contribution in [3.8, 4) is 0 Å². The van der Waals surface area contributed by atoms with Crippen LogP contribution in [0, 0.1) is 45.3 Å². The molecule has 0 aliphatic heterocycles. The topological polar surface area (TPSA) is 66.8 Å². The second kappa shape index (κ2) is 8.95. The Labute approximate surface area is 214 Å². The average Bonchev–Trinajstić information content (AvgIpc) is 3.03. The number of fused-ring (bicyclic) bond motifs is 5. The molecule has 4 aliphatic rings. The number of methoxy groups -OCH3 is 1. The lowest BCUT2D eigenvalue weighted by Gasteiger charge is -2.65. The third-order valence-electron chi connectivity index (χ3n) is 13.2. The third kappa shape index (κ3) is 3.91. The molecule has 4 rings (SSSR count). The van der Waals surface area contributed by atoms with Crippen LogP contribution < -0.4 is 0 Å². The van der Waals surface area contributed by atoms with E-state index in [9.17, 15) is 15.0 Å². The van der Waals surface area contributed by atoms with Gasteiger partial charge in [-0.3, -0.25) is 4.79 Å². The van der Waals surface area contributed by atoms with Crippen molar-refractivity contribution >= 4 is 5.78 Å². The number of ketones is 1. The van der Waals surface area contributed by atoms with Crippen LogP contribution in [0.3, 0.4) is 0 Å². The summed E-state index contributed by atoms with van der Waals surface area (Å²) in [6.07, 6.45) is 13.8. The Kier molecular flexibility index (Phi) is 6.98. The molecule has 1 unspecified atom stereocenters. The van der Waals surface area contributed by atoms with Gasteiger partial charge in [0.25, 0.3) is 0 Å². The highest BCUT2D eigenvalue weighted by atomic mass is 16.5. The quantitative estimate of drug-likeness (QED) is 0.310. The third-order valence-corrected chi connectivity index (χ3v) is 13.2. The first kappa shape index (κ1) is 27.3. The number of ether oxygens (including phenoxy) is 1. The first-order chi connectivity index (χ1) is 16.2. The minimum Gasteiger partial charge on any atom is -0.381 e. The molecule has 0 aromatic rings. The van der Waals surface area contributed by atoms with Crippen LogP contribution in [-0.2, 0) is 9.53 Å². The van der Waals surface area contributed by atoms with E-state index in [1.807, 2.05) is 7.11 Å². The van der Waals surface area contributed by atoms with E-state index < -0.39 is 11.7 Å². The first-order valence-corrected chi connectivity index (χ1v) is 14.3. The van der Waals surface area contributed by atoms with E-state index in [4.69, 9.17) is 4.74 Å². The second-order valence-electron chi connectivity index (χ2n) is 14.1. The van der Waals surface area contributed by atoms with Gasteiger partial charge in [0.2, 0.25) is 0 Å². The van der Waals surface area contributed by atoms with Crippen LogP contribution >= 0.6 is 0 Å². The highest BCUT2D eigenvalue weighted by Crippen LogP contribution is 2.76. The Hall–Kier alpha value is -0.710. The summed E-state index contributed by atoms with van der Waals surface area (Å²) in [4.78, 5) is 11.8. The van der Waals surface area contributed by atoms with Gasteiger partial charge in [-0.25, -0.2) is 0 Å². The molecule has 0 aromatic heterocycles. The summed E-state index contributed by atoms with van der Waals surface area (Å²) in [5.74, 6) is -0.987. The molecule has 0 heterocycles. The summed E-state index contributed by atoms with van der Waals surface area (Å²) in [6, 6.07) is 0. The Balaban J connectivity index is 1.56. The monoisotopic (exact) mass is 488 g/mol. The number of allylic oxidation sites excluding steroid dienone is 1. The molecule has 4 aliphatic carbocycles. The zero-order chi connectivity index (χ0) is 26.0. The van der Waals surface area contributed by atoms with Gasteiger partial charge >= 0.3 is 0 Å². The fraction of sp³-hybridized carbons (Fsp3) is 0.903. The van der Waals surface area contributed by atoms with Crippen molar-refractivity contribution in [2.24, 2.45) is 45.3 Å². The van der Waals surface area contributed by atoms with Crippen LogP contribution in [0.1, 0.15) is 113 Å². The molecule has 0 bridgehead atoms. The van der Waals surface area contributed by atoms with E-state index in [2.05, 4.69) is 40.7 Å². The maximum atomic E-state index is 11.8. The molecular weight excluding hydrogens is 436 g/mol. The average molecular weight is 489 g/mol. The molecule has 0 saturated heterocycles. The normalized spacial score (nSPS) is 45.1. The number of rotatable bonds is 7. The van der Waals surface area contributed by atoms with Crippen molar-refractivity contribution in [3.05, 3.63) is 11.6 Å². The van der Waals surface area contributed by atoms with Gasteiger partial charge in [-0.05, 0) is 104 Å². The molecule has 0 radical (unpaired) electrons. The molecule has 2 N–H and O–H groups in total. The van der Waals surface area contributed by atoms with Crippen molar-refractivity contribution in [2.45, 2.75) is 125 Å². The minimum atomic E-state index is -1.92. The molecular formula is C31H52O4. The van der Waals surface area contributed by atoms with E-state index in [1.165, 1.54) is 51.9 Å². The van der Waals surface area contributed by atoms with Gasteiger partial charge in [0.1, 0.15) is 5.78 Å². The lowest BCUT2D eigenvalue weighted by molar-refractivity contribution is -0.205. The number of carbonyl (C=O) groups excluding carboxylic acids is 1. The summed E-state index contributed by atoms with van der Waals surface area (Å²) in [5.41, 5.74) is 2.67. The predicted molar refractivity (Wildman–Crippen MR) is 141 cm³/mol.